The molecule has 0 aliphatic rings. The molecule has 0 radical (unpaired) electrons. The summed E-state index contributed by atoms with van der Waals surface area (Å²) in [7, 11) is 0. The first-order valence-electron chi connectivity index (χ1n) is 8.29. The summed E-state index contributed by atoms with van der Waals surface area (Å²) in [5, 5.41) is 3.37. The molecule has 0 fully saturated rings. The van der Waals surface area contributed by atoms with Crippen molar-refractivity contribution in [1.29, 1.82) is 0 Å². The van der Waals surface area contributed by atoms with Gasteiger partial charge in [-0.1, -0.05) is 11.8 Å². The summed E-state index contributed by atoms with van der Waals surface area (Å²) in [5.41, 5.74) is 3.39. The lowest BCUT2D eigenvalue weighted by Gasteiger charge is -2.22. The van der Waals surface area contributed by atoms with Gasteiger partial charge in [0.2, 0.25) is 5.91 Å². The fourth-order valence-corrected chi connectivity index (χ4v) is 3.23. The van der Waals surface area contributed by atoms with Crippen LogP contribution in [0.25, 0.3) is 0 Å². The van der Waals surface area contributed by atoms with Gasteiger partial charge >= 0.3 is 0 Å². The van der Waals surface area contributed by atoms with Crippen molar-refractivity contribution in [3.8, 4) is 0 Å². The molecule has 1 aromatic carbocycles. The molecule has 134 valence electrons. The lowest BCUT2D eigenvalue weighted by Crippen LogP contribution is -2.22. The first-order chi connectivity index (χ1) is 11.9. The number of anilines is 2. The third-order valence-electron chi connectivity index (χ3n) is 3.80. The van der Waals surface area contributed by atoms with E-state index in [0.717, 1.165) is 30.0 Å². The number of hydrogen-bond acceptors (Lipinski definition) is 5. The van der Waals surface area contributed by atoms with E-state index < -0.39 is 0 Å². The number of aromatic amines is 1. The van der Waals surface area contributed by atoms with Crippen molar-refractivity contribution in [2.45, 2.75) is 32.9 Å². The van der Waals surface area contributed by atoms with Crippen LogP contribution in [0.2, 0.25) is 0 Å². The van der Waals surface area contributed by atoms with Crippen LogP contribution in [0, 0.1) is 13.8 Å². The lowest BCUT2D eigenvalue weighted by atomic mass is 10.1. The van der Waals surface area contributed by atoms with Crippen molar-refractivity contribution in [2.75, 3.05) is 29.1 Å². The van der Waals surface area contributed by atoms with Crippen LogP contribution < -0.4 is 15.8 Å². The summed E-state index contributed by atoms with van der Waals surface area (Å²) in [6.07, 6.45) is 0. The number of rotatable bonds is 7. The Morgan fingerprint density at radius 1 is 1.24 bits per heavy atom. The molecule has 2 N–H and O–H groups in total. The molecule has 0 saturated carbocycles. The number of amides is 1. The Morgan fingerprint density at radius 2 is 1.96 bits per heavy atom. The van der Waals surface area contributed by atoms with E-state index in [1.54, 1.807) is 6.92 Å². The second-order valence-electron chi connectivity index (χ2n) is 5.70. The number of aryl methyl sites for hydroxylation is 2. The fourth-order valence-electron chi connectivity index (χ4n) is 2.51. The van der Waals surface area contributed by atoms with Gasteiger partial charge in [0.05, 0.1) is 5.75 Å². The molecule has 25 heavy (non-hydrogen) atoms. The van der Waals surface area contributed by atoms with Gasteiger partial charge in [0.25, 0.3) is 5.56 Å². The van der Waals surface area contributed by atoms with Crippen molar-refractivity contribution in [1.82, 2.24) is 9.97 Å². The zero-order valence-electron chi connectivity index (χ0n) is 15.0. The van der Waals surface area contributed by atoms with Crippen LogP contribution in [-0.2, 0) is 4.79 Å². The number of carbonyl (C=O) groups excluding carboxylic acids is 1. The van der Waals surface area contributed by atoms with E-state index in [2.05, 4.69) is 40.1 Å². The standard InChI is InChI=1S/C18H24N4O2S/c1-5-22(6-2)14-7-8-15(12(3)9-14)20-17(24)11-25-18-19-13(4)10-16(23)21-18/h7-10H,5-6,11H2,1-4H3,(H,20,24)(H,19,21,23). The smallest absolute Gasteiger partial charge is 0.251 e. The predicted molar refractivity (Wildman–Crippen MR) is 104 cm³/mol. The zero-order chi connectivity index (χ0) is 18.4. The summed E-state index contributed by atoms with van der Waals surface area (Å²) in [6.45, 7) is 9.86. The van der Waals surface area contributed by atoms with Crippen molar-refractivity contribution in [2.24, 2.45) is 0 Å². The van der Waals surface area contributed by atoms with E-state index in [1.165, 1.54) is 17.8 Å². The van der Waals surface area contributed by atoms with Crippen LogP contribution in [0.1, 0.15) is 25.1 Å². The maximum atomic E-state index is 12.2. The zero-order valence-corrected chi connectivity index (χ0v) is 15.9. The number of aromatic nitrogens is 2. The van der Waals surface area contributed by atoms with E-state index in [9.17, 15) is 9.59 Å². The largest absolute Gasteiger partial charge is 0.372 e. The summed E-state index contributed by atoms with van der Waals surface area (Å²) in [6, 6.07) is 7.45. The molecule has 0 bridgehead atoms. The van der Waals surface area contributed by atoms with Crippen LogP contribution in [-0.4, -0.2) is 34.7 Å². The van der Waals surface area contributed by atoms with Crippen LogP contribution in [0.4, 0.5) is 11.4 Å². The first kappa shape index (κ1) is 19.1. The minimum absolute atomic E-state index is 0.132. The second-order valence-corrected chi connectivity index (χ2v) is 6.66. The fraction of sp³-hybridized carbons (Fsp3) is 0.389. The van der Waals surface area contributed by atoms with Gasteiger partial charge in [0, 0.05) is 36.2 Å². The number of carbonyl (C=O) groups is 1. The Hall–Kier alpha value is -2.28. The molecule has 1 aromatic heterocycles. The summed E-state index contributed by atoms with van der Waals surface area (Å²) >= 11 is 1.21. The molecule has 1 amide bonds. The maximum absolute atomic E-state index is 12.2. The third-order valence-corrected chi connectivity index (χ3v) is 4.67. The average molecular weight is 360 g/mol. The molecule has 2 aromatic rings. The average Bonchev–Trinajstić information content (AvgIpc) is 2.55. The molecule has 0 atom stereocenters. The van der Waals surface area contributed by atoms with Crippen molar-refractivity contribution in [3.05, 3.63) is 45.9 Å². The Bertz CT molecular complexity index is 800. The summed E-state index contributed by atoms with van der Waals surface area (Å²) < 4.78 is 0. The Morgan fingerprint density at radius 3 is 2.56 bits per heavy atom. The monoisotopic (exact) mass is 360 g/mol. The van der Waals surface area contributed by atoms with Crippen LogP contribution in [0.15, 0.2) is 34.2 Å². The molecule has 0 spiro atoms. The number of H-pyrrole nitrogens is 1. The lowest BCUT2D eigenvalue weighted by molar-refractivity contribution is -0.113. The van der Waals surface area contributed by atoms with Gasteiger partial charge in [-0.05, 0) is 51.5 Å². The Balaban J connectivity index is 1.99. The van der Waals surface area contributed by atoms with E-state index in [-0.39, 0.29) is 17.2 Å². The van der Waals surface area contributed by atoms with Crippen molar-refractivity contribution < 1.29 is 4.79 Å². The van der Waals surface area contributed by atoms with Gasteiger partial charge < -0.3 is 15.2 Å². The van der Waals surface area contributed by atoms with E-state index in [4.69, 9.17) is 0 Å². The Kier molecular flexibility index (Phi) is 6.64. The number of nitrogens with one attached hydrogen (secondary N) is 2. The van der Waals surface area contributed by atoms with E-state index in [0.29, 0.717) is 10.9 Å². The molecule has 0 unspecified atom stereocenters. The van der Waals surface area contributed by atoms with Crippen molar-refractivity contribution in [3.63, 3.8) is 0 Å². The van der Waals surface area contributed by atoms with Gasteiger partial charge in [0.1, 0.15) is 0 Å². The summed E-state index contributed by atoms with van der Waals surface area (Å²) in [4.78, 5) is 32.7. The van der Waals surface area contributed by atoms with E-state index >= 15 is 0 Å². The molecule has 0 saturated heterocycles. The quantitative estimate of drug-likeness (QED) is 0.586. The van der Waals surface area contributed by atoms with E-state index in [1.807, 2.05) is 19.1 Å². The minimum atomic E-state index is -0.210. The number of hydrogen-bond donors (Lipinski definition) is 2. The summed E-state index contributed by atoms with van der Waals surface area (Å²) in [5.74, 6) is 0.0525. The second kappa shape index (κ2) is 8.71. The number of benzene rings is 1. The molecule has 0 aliphatic carbocycles. The highest BCUT2D eigenvalue weighted by Crippen LogP contribution is 2.23. The van der Waals surface area contributed by atoms with Crippen molar-refractivity contribution >= 4 is 29.0 Å². The van der Waals surface area contributed by atoms with Gasteiger partial charge in [-0.15, -0.1) is 0 Å². The predicted octanol–water partition coefficient (Wildman–Crippen LogP) is 2.96. The maximum Gasteiger partial charge on any atom is 0.251 e. The molecule has 7 heteroatoms. The number of thioether (sulfide) groups is 1. The highest BCUT2D eigenvalue weighted by molar-refractivity contribution is 7.99. The molecule has 0 aliphatic heterocycles. The highest BCUT2D eigenvalue weighted by atomic mass is 32.2. The molecular formula is C18H24N4O2S. The first-order valence-corrected chi connectivity index (χ1v) is 9.27. The number of nitrogens with zero attached hydrogens (tertiary/aromatic N) is 2. The normalized spacial score (nSPS) is 10.6. The highest BCUT2D eigenvalue weighted by Gasteiger charge is 2.09. The molecule has 2 rings (SSSR count). The van der Waals surface area contributed by atoms with Gasteiger partial charge in [-0.25, -0.2) is 4.98 Å². The molecule has 1 heterocycles. The topological polar surface area (TPSA) is 78.1 Å². The van der Waals surface area contributed by atoms with Gasteiger partial charge in [-0.2, -0.15) is 0 Å². The van der Waals surface area contributed by atoms with Gasteiger partial charge in [0.15, 0.2) is 5.16 Å². The third kappa shape index (κ3) is 5.35. The SMILES string of the molecule is CCN(CC)c1ccc(NC(=O)CSc2nc(C)cc(=O)[nH]2)c(C)c1. The van der Waals surface area contributed by atoms with Crippen LogP contribution in [0.5, 0.6) is 0 Å². The molecular weight excluding hydrogens is 336 g/mol. The minimum Gasteiger partial charge on any atom is -0.372 e. The van der Waals surface area contributed by atoms with Crippen LogP contribution >= 0.6 is 11.8 Å². The van der Waals surface area contributed by atoms with Crippen LogP contribution in [0.3, 0.4) is 0 Å². The van der Waals surface area contributed by atoms with Gasteiger partial charge in [-0.3, -0.25) is 9.59 Å². The molecule has 6 nitrogen and oxygen atoms in total. The Labute approximate surface area is 152 Å².